The molecule has 0 amide bonds. The summed E-state index contributed by atoms with van der Waals surface area (Å²) >= 11 is 0. The highest BCUT2D eigenvalue weighted by Crippen LogP contribution is 2.05. The van der Waals surface area contributed by atoms with Crippen molar-refractivity contribution in [2.45, 2.75) is 39.0 Å². The lowest BCUT2D eigenvalue weighted by Gasteiger charge is -2.13. The van der Waals surface area contributed by atoms with Crippen LogP contribution in [-0.2, 0) is 17.9 Å². The molecule has 0 aliphatic rings. The number of carboxylic acids is 1. The van der Waals surface area contributed by atoms with Crippen molar-refractivity contribution in [2.75, 3.05) is 0 Å². The summed E-state index contributed by atoms with van der Waals surface area (Å²) < 4.78 is 0. The number of aliphatic hydroxyl groups excluding tert-OH is 1. The van der Waals surface area contributed by atoms with Gasteiger partial charge in [0.05, 0.1) is 6.61 Å². The molecule has 0 radical (unpaired) electrons. The van der Waals surface area contributed by atoms with Crippen LogP contribution in [0.3, 0.4) is 0 Å². The Hall–Kier alpha value is -1.39. The van der Waals surface area contributed by atoms with E-state index in [1.807, 2.05) is 31.2 Å². The number of aliphatic hydroxyl groups is 1. The maximum Gasteiger partial charge on any atom is 0.320 e. The standard InChI is InChI=1S/C13H19NO3/c1-2-3-12(13(16)17)14-8-10-4-6-11(9-15)7-5-10/h4-7,12,14-15H,2-3,8-9H2,1H3,(H,16,17). The molecule has 1 atom stereocenters. The fraction of sp³-hybridized carbons (Fsp3) is 0.462. The number of benzene rings is 1. The first kappa shape index (κ1) is 13.7. The van der Waals surface area contributed by atoms with Gasteiger partial charge in [-0.1, -0.05) is 37.6 Å². The fourth-order valence-corrected chi connectivity index (χ4v) is 1.61. The van der Waals surface area contributed by atoms with E-state index in [2.05, 4.69) is 5.32 Å². The average molecular weight is 237 g/mol. The van der Waals surface area contributed by atoms with Gasteiger partial charge in [-0.05, 0) is 17.5 Å². The second kappa shape index (κ2) is 7.04. The topological polar surface area (TPSA) is 69.6 Å². The summed E-state index contributed by atoms with van der Waals surface area (Å²) in [7, 11) is 0. The molecule has 1 aromatic rings. The summed E-state index contributed by atoms with van der Waals surface area (Å²) in [6.07, 6.45) is 1.47. The summed E-state index contributed by atoms with van der Waals surface area (Å²) in [6, 6.07) is 6.98. The Labute approximate surface area is 101 Å². The summed E-state index contributed by atoms with van der Waals surface area (Å²) in [5, 5.41) is 20.9. The monoisotopic (exact) mass is 237 g/mol. The molecule has 1 rings (SSSR count). The van der Waals surface area contributed by atoms with Gasteiger partial charge in [-0.3, -0.25) is 4.79 Å². The van der Waals surface area contributed by atoms with Gasteiger partial charge in [0, 0.05) is 6.54 Å². The molecule has 94 valence electrons. The quantitative estimate of drug-likeness (QED) is 0.672. The van der Waals surface area contributed by atoms with Crippen molar-refractivity contribution in [3.05, 3.63) is 35.4 Å². The number of nitrogens with one attached hydrogen (secondary N) is 1. The van der Waals surface area contributed by atoms with Crippen molar-refractivity contribution in [1.29, 1.82) is 0 Å². The Kier molecular flexibility index (Phi) is 5.66. The lowest BCUT2D eigenvalue weighted by Crippen LogP contribution is -2.35. The van der Waals surface area contributed by atoms with Crippen LogP contribution < -0.4 is 5.32 Å². The van der Waals surface area contributed by atoms with Gasteiger partial charge in [0.2, 0.25) is 0 Å². The molecular weight excluding hydrogens is 218 g/mol. The first-order valence-corrected chi connectivity index (χ1v) is 5.82. The molecule has 17 heavy (non-hydrogen) atoms. The Bertz CT molecular complexity index is 348. The predicted molar refractivity (Wildman–Crippen MR) is 65.5 cm³/mol. The number of hydrogen-bond donors (Lipinski definition) is 3. The molecule has 0 saturated carbocycles. The average Bonchev–Trinajstić information content (AvgIpc) is 2.34. The van der Waals surface area contributed by atoms with E-state index >= 15 is 0 Å². The van der Waals surface area contributed by atoms with Gasteiger partial charge in [0.15, 0.2) is 0 Å². The second-order valence-electron chi connectivity index (χ2n) is 4.04. The van der Waals surface area contributed by atoms with E-state index in [4.69, 9.17) is 10.2 Å². The Balaban J connectivity index is 2.50. The van der Waals surface area contributed by atoms with Crippen molar-refractivity contribution in [2.24, 2.45) is 0 Å². The Morgan fingerprint density at radius 2 is 1.88 bits per heavy atom. The first-order chi connectivity index (χ1) is 8.17. The van der Waals surface area contributed by atoms with E-state index in [1.165, 1.54) is 0 Å². The predicted octanol–water partition coefficient (Wildman–Crippen LogP) is 1.52. The van der Waals surface area contributed by atoms with E-state index in [1.54, 1.807) is 0 Å². The summed E-state index contributed by atoms with van der Waals surface area (Å²) in [5.41, 5.74) is 1.88. The third-order valence-corrected chi connectivity index (χ3v) is 2.63. The van der Waals surface area contributed by atoms with Crippen LogP contribution >= 0.6 is 0 Å². The lowest BCUT2D eigenvalue weighted by molar-refractivity contribution is -0.139. The van der Waals surface area contributed by atoms with Gasteiger partial charge in [0.25, 0.3) is 0 Å². The molecule has 0 saturated heterocycles. The molecular formula is C13H19NO3. The first-order valence-electron chi connectivity index (χ1n) is 5.82. The van der Waals surface area contributed by atoms with Crippen LogP contribution in [0.25, 0.3) is 0 Å². The highest BCUT2D eigenvalue weighted by Gasteiger charge is 2.14. The highest BCUT2D eigenvalue weighted by molar-refractivity contribution is 5.73. The second-order valence-corrected chi connectivity index (χ2v) is 4.04. The summed E-state index contributed by atoms with van der Waals surface area (Å²) in [4.78, 5) is 10.9. The minimum Gasteiger partial charge on any atom is -0.480 e. The maximum atomic E-state index is 10.9. The minimum atomic E-state index is -0.807. The van der Waals surface area contributed by atoms with Crippen LogP contribution in [0.5, 0.6) is 0 Å². The SMILES string of the molecule is CCCC(NCc1ccc(CO)cc1)C(=O)O. The number of carbonyl (C=O) groups is 1. The molecule has 3 N–H and O–H groups in total. The van der Waals surface area contributed by atoms with Crippen molar-refractivity contribution in [3.8, 4) is 0 Å². The molecule has 0 aromatic heterocycles. The van der Waals surface area contributed by atoms with E-state index in [9.17, 15) is 4.79 Å². The fourth-order valence-electron chi connectivity index (χ4n) is 1.61. The van der Waals surface area contributed by atoms with E-state index in [0.717, 1.165) is 17.5 Å². The molecule has 0 aliphatic carbocycles. The molecule has 0 aliphatic heterocycles. The highest BCUT2D eigenvalue weighted by atomic mass is 16.4. The van der Waals surface area contributed by atoms with Crippen LogP contribution in [0.15, 0.2) is 24.3 Å². The minimum absolute atomic E-state index is 0.0291. The lowest BCUT2D eigenvalue weighted by atomic mass is 10.1. The van der Waals surface area contributed by atoms with Gasteiger partial charge in [-0.2, -0.15) is 0 Å². The zero-order valence-corrected chi connectivity index (χ0v) is 10.0. The number of hydrogen-bond acceptors (Lipinski definition) is 3. The number of carboxylic acid groups (broad SMARTS) is 1. The van der Waals surface area contributed by atoms with E-state index in [0.29, 0.717) is 13.0 Å². The van der Waals surface area contributed by atoms with Gasteiger partial charge >= 0.3 is 5.97 Å². The molecule has 1 unspecified atom stereocenters. The van der Waals surface area contributed by atoms with E-state index in [-0.39, 0.29) is 6.61 Å². The van der Waals surface area contributed by atoms with Crippen molar-refractivity contribution >= 4 is 5.97 Å². The van der Waals surface area contributed by atoms with E-state index < -0.39 is 12.0 Å². The van der Waals surface area contributed by atoms with Crippen molar-refractivity contribution < 1.29 is 15.0 Å². The summed E-state index contributed by atoms with van der Waals surface area (Å²) in [6.45, 7) is 2.53. The van der Waals surface area contributed by atoms with Gasteiger partial charge in [-0.25, -0.2) is 0 Å². The van der Waals surface area contributed by atoms with Crippen molar-refractivity contribution in [3.63, 3.8) is 0 Å². The molecule has 0 fully saturated rings. The Morgan fingerprint density at radius 1 is 1.29 bits per heavy atom. The van der Waals surface area contributed by atoms with Crippen LogP contribution in [0, 0.1) is 0 Å². The largest absolute Gasteiger partial charge is 0.480 e. The molecule has 4 heteroatoms. The van der Waals surface area contributed by atoms with Gasteiger partial charge < -0.3 is 15.5 Å². The smallest absolute Gasteiger partial charge is 0.320 e. The normalized spacial score (nSPS) is 12.4. The van der Waals surface area contributed by atoms with Crippen LogP contribution in [0.4, 0.5) is 0 Å². The number of rotatable bonds is 7. The number of aliphatic carboxylic acids is 1. The Morgan fingerprint density at radius 3 is 2.35 bits per heavy atom. The van der Waals surface area contributed by atoms with Crippen LogP contribution in [0.2, 0.25) is 0 Å². The molecule has 0 bridgehead atoms. The molecule has 4 nitrogen and oxygen atoms in total. The summed E-state index contributed by atoms with van der Waals surface area (Å²) in [5.74, 6) is -0.807. The third-order valence-electron chi connectivity index (χ3n) is 2.63. The molecule has 0 spiro atoms. The zero-order valence-electron chi connectivity index (χ0n) is 10.0. The van der Waals surface area contributed by atoms with Crippen LogP contribution in [-0.4, -0.2) is 22.2 Å². The third kappa shape index (κ3) is 4.54. The van der Waals surface area contributed by atoms with Gasteiger partial charge in [0.1, 0.15) is 6.04 Å². The zero-order chi connectivity index (χ0) is 12.7. The van der Waals surface area contributed by atoms with Crippen molar-refractivity contribution in [1.82, 2.24) is 5.32 Å². The van der Waals surface area contributed by atoms with Crippen LogP contribution in [0.1, 0.15) is 30.9 Å². The maximum absolute atomic E-state index is 10.9. The molecule has 1 aromatic carbocycles. The molecule has 0 heterocycles. The van der Waals surface area contributed by atoms with Gasteiger partial charge in [-0.15, -0.1) is 0 Å².